The molecule has 0 aromatic rings. The van der Waals surface area contributed by atoms with Gasteiger partial charge in [0.1, 0.15) is 0 Å². The Balaban J connectivity index is 3.13. The summed E-state index contributed by atoms with van der Waals surface area (Å²) in [6.07, 6.45) is 1.41. The van der Waals surface area contributed by atoms with Gasteiger partial charge in [-0.3, -0.25) is 20.2 Å². The second kappa shape index (κ2) is 4.06. The molecule has 0 saturated heterocycles. The summed E-state index contributed by atoms with van der Waals surface area (Å²) in [4.78, 5) is 19.1. The molecule has 2 atom stereocenters. The molecule has 0 spiro atoms. The molecule has 1 aliphatic carbocycles. The molecule has 0 saturated carbocycles. The lowest BCUT2D eigenvalue weighted by molar-refractivity contribution is -0.527. The maximum atomic E-state index is 13.9. The fourth-order valence-corrected chi connectivity index (χ4v) is 1.32. The second-order valence-corrected chi connectivity index (χ2v) is 3.17. The van der Waals surface area contributed by atoms with Crippen LogP contribution in [0.1, 0.15) is 6.42 Å². The smallest absolute Gasteiger partial charge is 0.264 e. The van der Waals surface area contributed by atoms with E-state index in [2.05, 4.69) is 0 Å². The summed E-state index contributed by atoms with van der Waals surface area (Å²) in [7, 11) is 0. The summed E-state index contributed by atoms with van der Waals surface area (Å²) < 4.78 is 13.9. The molecule has 0 amide bonds. The fourth-order valence-electron chi connectivity index (χ4n) is 1.32. The Morgan fingerprint density at radius 3 is 2.62 bits per heavy atom. The monoisotopic (exact) mass is 227 g/mol. The van der Waals surface area contributed by atoms with E-state index in [-0.39, 0.29) is 0 Å². The quantitative estimate of drug-likeness (QED) is 0.527. The van der Waals surface area contributed by atoms with E-state index in [0.29, 0.717) is 12.2 Å². The summed E-state index contributed by atoms with van der Waals surface area (Å²) >= 11 is 0. The molecule has 16 heavy (non-hydrogen) atoms. The molecule has 0 aromatic heterocycles. The Labute approximate surface area is 88.8 Å². The third-order valence-corrected chi connectivity index (χ3v) is 2.14. The van der Waals surface area contributed by atoms with E-state index in [1.54, 1.807) is 0 Å². The van der Waals surface area contributed by atoms with E-state index in [1.165, 1.54) is 6.07 Å². The number of rotatable bonds is 3. The zero-order chi connectivity index (χ0) is 12.3. The van der Waals surface area contributed by atoms with Crippen molar-refractivity contribution in [2.45, 2.75) is 18.1 Å². The Bertz CT molecular complexity index is 439. The molecule has 0 aromatic carbocycles. The van der Waals surface area contributed by atoms with Crippen LogP contribution in [0.25, 0.3) is 0 Å². The molecule has 1 rings (SSSR count). The SMILES string of the molecule is N#CCC1(F)C=CC([N+](=O)[O-])=CC1[N+](=O)[O-]. The van der Waals surface area contributed by atoms with Gasteiger partial charge in [0.2, 0.25) is 5.67 Å². The van der Waals surface area contributed by atoms with Crippen LogP contribution in [-0.4, -0.2) is 21.6 Å². The van der Waals surface area contributed by atoms with Crippen LogP contribution in [-0.2, 0) is 0 Å². The molecule has 1 aliphatic rings. The van der Waals surface area contributed by atoms with E-state index in [4.69, 9.17) is 5.26 Å². The zero-order valence-electron chi connectivity index (χ0n) is 7.87. The topological polar surface area (TPSA) is 110 Å². The molecule has 0 fully saturated rings. The van der Waals surface area contributed by atoms with Crippen LogP contribution in [0.15, 0.2) is 23.9 Å². The van der Waals surface area contributed by atoms with Crippen LogP contribution in [0.5, 0.6) is 0 Å². The van der Waals surface area contributed by atoms with Gasteiger partial charge in [-0.2, -0.15) is 5.26 Å². The average Bonchev–Trinajstić information content (AvgIpc) is 2.17. The maximum absolute atomic E-state index is 13.9. The lowest BCUT2D eigenvalue weighted by Crippen LogP contribution is -2.42. The van der Waals surface area contributed by atoms with Crippen LogP contribution < -0.4 is 0 Å². The van der Waals surface area contributed by atoms with Gasteiger partial charge in [0.05, 0.1) is 23.5 Å². The predicted octanol–water partition coefficient (Wildman–Crippen LogP) is 0.984. The fraction of sp³-hybridized carbons (Fsp3) is 0.375. The minimum Gasteiger partial charge on any atom is -0.264 e. The molecule has 84 valence electrons. The van der Waals surface area contributed by atoms with E-state index in [0.717, 1.165) is 6.08 Å². The third-order valence-electron chi connectivity index (χ3n) is 2.14. The Morgan fingerprint density at radius 1 is 1.56 bits per heavy atom. The summed E-state index contributed by atoms with van der Waals surface area (Å²) in [6, 6.07) is -0.428. The normalized spacial score (nSPS) is 28.0. The first-order chi connectivity index (χ1) is 7.40. The second-order valence-electron chi connectivity index (χ2n) is 3.17. The molecule has 7 nitrogen and oxygen atoms in total. The van der Waals surface area contributed by atoms with Crippen molar-refractivity contribution in [3.8, 4) is 6.07 Å². The van der Waals surface area contributed by atoms with Crippen molar-refractivity contribution >= 4 is 0 Å². The Hall–Kier alpha value is -2.30. The van der Waals surface area contributed by atoms with Crippen molar-refractivity contribution < 1.29 is 14.2 Å². The molecule has 8 heteroatoms. The molecular formula is C8H6FN3O4. The largest absolute Gasteiger partial charge is 0.276 e. The van der Waals surface area contributed by atoms with Crippen LogP contribution in [0.2, 0.25) is 0 Å². The highest BCUT2D eigenvalue weighted by atomic mass is 19.1. The number of nitriles is 1. The average molecular weight is 227 g/mol. The van der Waals surface area contributed by atoms with Gasteiger partial charge in [0.25, 0.3) is 11.7 Å². The van der Waals surface area contributed by atoms with Gasteiger partial charge in [0.15, 0.2) is 0 Å². The Morgan fingerprint density at radius 2 is 2.19 bits per heavy atom. The standard InChI is InChI=1S/C8H6FN3O4/c9-8(3-4-10)2-1-6(11(13)14)5-7(8)12(15)16/h1-2,5,7H,3H2. The van der Waals surface area contributed by atoms with E-state index in [9.17, 15) is 24.6 Å². The van der Waals surface area contributed by atoms with Crippen LogP contribution in [0.4, 0.5) is 4.39 Å². The van der Waals surface area contributed by atoms with Crippen molar-refractivity contribution in [1.82, 2.24) is 0 Å². The van der Waals surface area contributed by atoms with E-state index < -0.39 is 33.7 Å². The molecule has 0 aliphatic heterocycles. The maximum Gasteiger partial charge on any atom is 0.276 e. The van der Waals surface area contributed by atoms with Crippen molar-refractivity contribution in [2.24, 2.45) is 0 Å². The minimum absolute atomic E-state index is 0.548. The number of nitro groups is 2. The summed E-state index contributed by atoms with van der Waals surface area (Å²) in [6.45, 7) is 0. The predicted molar refractivity (Wildman–Crippen MR) is 49.1 cm³/mol. The lowest BCUT2D eigenvalue weighted by atomic mass is 9.88. The number of halogens is 1. The number of nitrogens with zero attached hydrogens (tertiary/aromatic N) is 3. The van der Waals surface area contributed by atoms with Crippen molar-refractivity contribution in [2.75, 3.05) is 0 Å². The lowest BCUT2D eigenvalue weighted by Gasteiger charge is -2.22. The highest BCUT2D eigenvalue weighted by molar-refractivity contribution is 5.28. The Kier molecular flexibility index (Phi) is 2.99. The molecule has 2 unspecified atom stereocenters. The van der Waals surface area contributed by atoms with Crippen LogP contribution in [0.3, 0.4) is 0 Å². The summed E-state index contributed by atoms with van der Waals surface area (Å²) in [5.74, 6) is 0. The first-order valence-corrected chi connectivity index (χ1v) is 4.15. The van der Waals surface area contributed by atoms with Crippen LogP contribution in [0, 0.1) is 31.6 Å². The number of hydrogen-bond donors (Lipinski definition) is 0. The zero-order valence-corrected chi connectivity index (χ0v) is 7.87. The first kappa shape index (κ1) is 11.8. The van der Waals surface area contributed by atoms with Gasteiger partial charge < -0.3 is 0 Å². The number of alkyl halides is 1. The van der Waals surface area contributed by atoms with Gasteiger partial charge >= 0.3 is 0 Å². The first-order valence-electron chi connectivity index (χ1n) is 4.15. The minimum atomic E-state index is -2.49. The van der Waals surface area contributed by atoms with E-state index in [1.807, 2.05) is 0 Å². The number of allylic oxidation sites excluding steroid dienone is 1. The van der Waals surface area contributed by atoms with E-state index >= 15 is 0 Å². The molecule has 0 N–H and O–H groups in total. The van der Waals surface area contributed by atoms with Crippen molar-refractivity contribution in [1.29, 1.82) is 5.26 Å². The highest BCUT2D eigenvalue weighted by Crippen LogP contribution is 2.30. The molecule has 0 heterocycles. The molecule has 0 radical (unpaired) electrons. The van der Waals surface area contributed by atoms with Gasteiger partial charge in [-0.25, -0.2) is 4.39 Å². The van der Waals surface area contributed by atoms with Gasteiger partial charge in [-0.05, 0) is 6.08 Å². The van der Waals surface area contributed by atoms with Crippen molar-refractivity contribution in [3.05, 3.63) is 44.2 Å². The molecular weight excluding hydrogens is 221 g/mol. The highest BCUT2D eigenvalue weighted by Gasteiger charge is 2.48. The van der Waals surface area contributed by atoms with Gasteiger partial charge in [0, 0.05) is 11.0 Å². The summed E-state index contributed by atoms with van der Waals surface area (Å²) in [5.41, 5.74) is -3.04. The molecule has 0 bridgehead atoms. The third kappa shape index (κ3) is 2.03. The van der Waals surface area contributed by atoms with Crippen LogP contribution >= 0.6 is 0 Å². The summed E-state index contributed by atoms with van der Waals surface area (Å²) in [5, 5.41) is 29.3. The van der Waals surface area contributed by atoms with Gasteiger partial charge in [-0.15, -0.1) is 0 Å². The number of hydrogen-bond acceptors (Lipinski definition) is 5. The van der Waals surface area contributed by atoms with Crippen molar-refractivity contribution in [3.63, 3.8) is 0 Å². The van der Waals surface area contributed by atoms with Gasteiger partial charge in [-0.1, -0.05) is 0 Å².